The smallest absolute Gasteiger partial charge is 0.178 e. The van der Waals surface area contributed by atoms with Crippen LogP contribution in [0.2, 0.25) is 0 Å². The van der Waals surface area contributed by atoms with E-state index >= 15 is 0 Å². The lowest BCUT2D eigenvalue weighted by Crippen LogP contribution is -2.54. The summed E-state index contributed by atoms with van der Waals surface area (Å²) in [5, 5.41) is 0. The van der Waals surface area contributed by atoms with Gasteiger partial charge in [0.2, 0.25) is 0 Å². The fourth-order valence-corrected chi connectivity index (χ4v) is 3.69. The van der Waals surface area contributed by atoms with Crippen LogP contribution in [0.3, 0.4) is 0 Å². The minimum Gasteiger partial charge on any atom is -0.292 e. The summed E-state index contributed by atoms with van der Waals surface area (Å²) in [7, 11) is 0. The van der Waals surface area contributed by atoms with Crippen molar-refractivity contribution in [3.05, 3.63) is 11.6 Å². The van der Waals surface area contributed by atoms with E-state index in [-0.39, 0.29) is 5.54 Å². The average molecular weight is 279 g/mol. The van der Waals surface area contributed by atoms with Crippen molar-refractivity contribution in [2.45, 2.75) is 84.6 Å². The van der Waals surface area contributed by atoms with Crippen molar-refractivity contribution >= 4 is 5.78 Å². The number of ketones is 1. The molecule has 1 aliphatic carbocycles. The quantitative estimate of drug-likeness (QED) is 0.671. The van der Waals surface area contributed by atoms with Crippen LogP contribution in [-0.4, -0.2) is 29.3 Å². The lowest BCUT2D eigenvalue weighted by atomic mass is 9.80. The van der Waals surface area contributed by atoms with Crippen LogP contribution < -0.4 is 0 Å². The van der Waals surface area contributed by atoms with Gasteiger partial charge in [0.15, 0.2) is 5.78 Å². The van der Waals surface area contributed by atoms with Crippen molar-refractivity contribution in [1.82, 2.24) is 4.90 Å². The SMILES string of the molecule is CCN(CC)C(CC)(CC)C(=O)C1=CCCCCCC1. The van der Waals surface area contributed by atoms with Crippen LogP contribution in [0.4, 0.5) is 0 Å². The second-order valence-electron chi connectivity index (χ2n) is 5.92. The molecule has 0 fully saturated rings. The number of likely N-dealkylation sites (N-methyl/N-ethyl adjacent to an activating group) is 1. The summed E-state index contributed by atoms with van der Waals surface area (Å²) in [6.45, 7) is 10.6. The highest BCUT2D eigenvalue weighted by Crippen LogP contribution is 2.31. The second-order valence-corrected chi connectivity index (χ2v) is 5.92. The first-order valence-electron chi connectivity index (χ1n) is 8.65. The van der Waals surface area contributed by atoms with Gasteiger partial charge in [-0.3, -0.25) is 9.69 Å². The standard InChI is InChI=1S/C18H33NO/c1-5-18(6-2,19(7-3)8-4)17(20)16-14-12-10-9-11-13-15-16/h14H,5-13,15H2,1-4H3. The Morgan fingerprint density at radius 2 is 1.65 bits per heavy atom. The molecule has 0 bridgehead atoms. The molecule has 0 saturated heterocycles. The zero-order chi connectivity index (χ0) is 15.0. The van der Waals surface area contributed by atoms with Crippen molar-refractivity contribution in [3.63, 3.8) is 0 Å². The minimum absolute atomic E-state index is 0.269. The fraction of sp³-hybridized carbons (Fsp3) is 0.833. The van der Waals surface area contributed by atoms with Crippen LogP contribution >= 0.6 is 0 Å². The Kier molecular flexibility index (Phi) is 7.50. The highest BCUT2D eigenvalue weighted by Gasteiger charge is 2.40. The molecule has 0 aromatic rings. The molecule has 0 heterocycles. The van der Waals surface area contributed by atoms with Crippen LogP contribution in [0.1, 0.15) is 79.1 Å². The summed E-state index contributed by atoms with van der Waals surface area (Å²) in [5.41, 5.74) is 0.842. The van der Waals surface area contributed by atoms with Gasteiger partial charge in [0.05, 0.1) is 5.54 Å². The lowest BCUT2D eigenvalue weighted by molar-refractivity contribution is -0.128. The Morgan fingerprint density at radius 1 is 1.05 bits per heavy atom. The lowest BCUT2D eigenvalue weighted by Gasteiger charge is -2.41. The molecular formula is C18H33NO. The first-order chi connectivity index (χ1) is 9.66. The van der Waals surface area contributed by atoms with E-state index in [0.29, 0.717) is 5.78 Å². The maximum absolute atomic E-state index is 13.2. The van der Waals surface area contributed by atoms with Crippen molar-refractivity contribution in [2.24, 2.45) is 0 Å². The van der Waals surface area contributed by atoms with Gasteiger partial charge in [-0.1, -0.05) is 46.6 Å². The van der Waals surface area contributed by atoms with Crippen LogP contribution in [0.25, 0.3) is 0 Å². The number of allylic oxidation sites excluding steroid dienone is 1. The first kappa shape index (κ1) is 17.4. The Bertz CT molecular complexity index is 324. The summed E-state index contributed by atoms with van der Waals surface area (Å²) in [4.78, 5) is 15.6. The molecule has 0 radical (unpaired) electrons. The third kappa shape index (κ3) is 3.72. The molecule has 2 nitrogen and oxygen atoms in total. The van der Waals surface area contributed by atoms with Gasteiger partial charge in [-0.05, 0) is 57.2 Å². The topological polar surface area (TPSA) is 20.3 Å². The average Bonchev–Trinajstić information content (AvgIpc) is 2.44. The van der Waals surface area contributed by atoms with E-state index in [1.54, 1.807) is 0 Å². The summed E-state index contributed by atoms with van der Waals surface area (Å²) >= 11 is 0. The largest absolute Gasteiger partial charge is 0.292 e. The molecule has 0 aliphatic heterocycles. The molecule has 0 spiro atoms. The number of hydrogen-bond donors (Lipinski definition) is 0. The van der Waals surface area contributed by atoms with Gasteiger partial charge in [0, 0.05) is 0 Å². The van der Waals surface area contributed by atoms with Gasteiger partial charge in [0.25, 0.3) is 0 Å². The summed E-state index contributed by atoms with van der Waals surface area (Å²) < 4.78 is 0. The minimum atomic E-state index is -0.269. The van der Waals surface area contributed by atoms with E-state index in [4.69, 9.17) is 0 Å². The molecule has 116 valence electrons. The highest BCUT2D eigenvalue weighted by molar-refractivity contribution is 6.02. The van der Waals surface area contributed by atoms with Crippen molar-refractivity contribution in [3.8, 4) is 0 Å². The number of hydrogen-bond acceptors (Lipinski definition) is 2. The predicted octanol–water partition coefficient (Wildman–Crippen LogP) is 4.74. The first-order valence-corrected chi connectivity index (χ1v) is 8.65. The highest BCUT2D eigenvalue weighted by atomic mass is 16.1. The molecule has 1 aliphatic rings. The van der Waals surface area contributed by atoms with Crippen molar-refractivity contribution < 1.29 is 4.79 Å². The van der Waals surface area contributed by atoms with E-state index < -0.39 is 0 Å². The van der Waals surface area contributed by atoms with E-state index in [1.165, 1.54) is 25.7 Å². The summed E-state index contributed by atoms with van der Waals surface area (Å²) in [6, 6.07) is 0. The van der Waals surface area contributed by atoms with E-state index in [0.717, 1.165) is 44.3 Å². The normalized spacial score (nSPS) is 17.6. The van der Waals surface area contributed by atoms with Gasteiger partial charge < -0.3 is 0 Å². The second kappa shape index (κ2) is 8.61. The number of Topliss-reactive ketones (excluding diaryl/α,β-unsaturated/α-hetero) is 1. The maximum Gasteiger partial charge on any atom is 0.178 e. The van der Waals surface area contributed by atoms with Gasteiger partial charge in [-0.15, -0.1) is 0 Å². The molecule has 0 unspecified atom stereocenters. The van der Waals surface area contributed by atoms with Gasteiger partial charge in [-0.2, -0.15) is 0 Å². The van der Waals surface area contributed by atoms with Gasteiger partial charge in [-0.25, -0.2) is 0 Å². The number of nitrogens with zero attached hydrogens (tertiary/aromatic N) is 1. The molecule has 1 rings (SSSR count). The van der Waals surface area contributed by atoms with Crippen LogP contribution in [0.5, 0.6) is 0 Å². The van der Waals surface area contributed by atoms with E-state index in [9.17, 15) is 4.79 Å². The summed E-state index contributed by atoms with van der Waals surface area (Å²) in [6.07, 6.45) is 11.2. The molecule has 0 amide bonds. The monoisotopic (exact) mass is 279 g/mol. The van der Waals surface area contributed by atoms with Crippen LogP contribution in [-0.2, 0) is 4.79 Å². The van der Waals surface area contributed by atoms with Crippen LogP contribution in [0, 0.1) is 0 Å². The third-order valence-corrected chi connectivity index (χ3v) is 5.04. The molecule has 0 aromatic carbocycles. The van der Waals surface area contributed by atoms with Crippen molar-refractivity contribution in [1.29, 1.82) is 0 Å². The van der Waals surface area contributed by atoms with Gasteiger partial charge in [0.1, 0.15) is 0 Å². The van der Waals surface area contributed by atoms with Crippen molar-refractivity contribution in [2.75, 3.05) is 13.1 Å². The molecular weight excluding hydrogens is 246 g/mol. The van der Waals surface area contributed by atoms with E-state index in [1.807, 2.05) is 0 Å². The molecule has 0 aromatic heterocycles. The molecule has 2 heteroatoms. The third-order valence-electron chi connectivity index (χ3n) is 5.04. The molecule has 0 N–H and O–H groups in total. The fourth-order valence-electron chi connectivity index (χ4n) is 3.69. The Balaban J connectivity index is 3.03. The molecule has 0 saturated carbocycles. The summed E-state index contributed by atoms with van der Waals surface area (Å²) in [5.74, 6) is 0.410. The Morgan fingerprint density at radius 3 is 2.20 bits per heavy atom. The van der Waals surface area contributed by atoms with Crippen LogP contribution in [0.15, 0.2) is 11.6 Å². The predicted molar refractivity (Wildman–Crippen MR) is 87.0 cm³/mol. The maximum atomic E-state index is 13.2. The molecule has 0 atom stereocenters. The Labute approximate surface area is 125 Å². The number of carbonyl (C=O) groups excluding carboxylic acids is 1. The Hall–Kier alpha value is -0.630. The molecule has 20 heavy (non-hydrogen) atoms. The number of rotatable bonds is 7. The van der Waals surface area contributed by atoms with E-state index in [2.05, 4.69) is 38.7 Å². The zero-order valence-electron chi connectivity index (χ0n) is 14.0. The number of carbonyl (C=O) groups is 1. The zero-order valence-corrected chi connectivity index (χ0v) is 14.0. The van der Waals surface area contributed by atoms with Gasteiger partial charge >= 0.3 is 0 Å².